The van der Waals surface area contributed by atoms with Gasteiger partial charge in [0, 0.05) is 17.7 Å². The van der Waals surface area contributed by atoms with Crippen LogP contribution >= 0.6 is 0 Å². The van der Waals surface area contributed by atoms with E-state index in [1.807, 2.05) is 44.2 Å². The number of carboxylic acids is 1. The second-order valence-electron chi connectivity index (χ2n) is 6.56. The van der Waals surface area contributed by atoms with Crippen molar-refractivity contribution in [3.05, 3.63) is 75.1 Å². The highest BCUT2D eigenvalue weighted by molar-refractivity contribution is 5.93. The molecule has 1 N–H and O–H groups in total. The van der Waals surface area contributed by atoms with Gasteiger partial charge in [-0.25, -0.2) is 4.79 Å². The van der Waals surface area contributed by atoms with Crippen LogP contribution in [0.5, 0.6) is 5.75 Å². The van der Waals surface area contributed by atoms with E-state index in [9.17, 15) is 14.7 Å². The molecule has 6 heteroatoms. The fourth-order valence-corrected chi connectivity index (χ4v) is 3.12. The first kappa shape index (κ1) is 21.3. The summed E-state index contributed by atoms with van der Waals surface area (Å²) in [6, 6.07) is 11.9. The number of fused-ring (bicyclic) bond motifs is 1. The number of benzene rings is 2. The van der Waals surface area contributed by atoms with E-state index in [0.29, 0.717) is 48.9 Å². The minimum Gasteiger partial charge on any atom is -0.491 e. The van der Waals surface area contributed by atoms with Crippen molar-refractivity contribution in [1.29, 1.82) is 0 Å². The number of rotatable bonds is 9. The minimum atomic E-state index is -1.08. The molecular formula is C24H24O6. The molecule has 0 aliphatic carbocycles. The topological polar surface area (TPSA) is 86.0 Å². The first-order valence-corrected chi connectivity index (χ1v) is 9.85. The predicted octanol–water partition coefficient (Wildman–Crippen LogP) is 4.64. The maximum absolute atomic E-state index is 12.9. The summed E-state index contributed by atoms with van der Waals surface area (Å²) < 4.78 is 17.0. The molecule has 6 nitrogen and oxygen atoms in total. The summed E-state index contributed by atoms with van der Waals surface area (Å²) in [5.41, 5.74) is 1.53. The molecule has 2 aromatic carbocycles. The third-order valence-electron chi connectivity index (χ3n) is 4.64. The van der Waals surface area contributed by atoms with Gasteiger partial charge in [0.25, 0.3) is 0 Å². The number of carbonyl (C=O) groups is 1. The Labute approximate surface area is 174 Å². The lowest BCUT2D eigenvalue weighted by molar-refractivity contribution is 0.0697. The predicted molar refractivity (Wildman–Crippen MR) is 116 cm³/mol. The van der Waals surface area contributed by atoms with Gasteiger partial charge in [-0.2, -0.15) is 0 Å². The zero-order valence-corrected chi connectivity index (χ0v) is 17.0. The zero-order valence-electron chi connectivity index (χ0n) is 17.0. The maximum Gasteiger partial charge on any atom is 0.335 e. The van der Waals surface area contributed by atoms with Crippen molar-refractivity contribution in [3.8, 4) is 5.75 Å². The number of para-hydroxylation sites is 1. The van der Waals surface area contributed by atoms with Crippen molar-refractivity contribution in [1.82, 2.24) is 0 Å². The highest BCUT2D eigenvalue weighted by Crippen LogP contribution is 2.23. The fraction of sp³-hybridized carbons (Fsp3) is 0.250. The van der Waals surface area contributed by atoms with E-state index in [1.54, 1.807) is 6.08 Å². The standard InChI is InChI=1S/C24H24O6/c1-3-18-21(30-22-12-10-17(24(26)27)15-19(22)23(18)25)11-9-16-7-5-6-8-20(16)29-14-13-28-4-2/h5-12,15H,3-4,13-14H2,1-2H3,(H,26,27)/b11-9+. The molecule has 0 saturated carbocycles. The fourth-order valence-electron chi connectivity index (χ4n) is 3.12. The molecular weight excluding hydrogens is 384 g/mol. The van der Waals surface area contributed by atoms with Gasteiger partial charge >= 0.3 is 5.97 Å². The summed E-state index contributed by atoms with van der Waals surface area (Å²) in [7, 11) is 0. The van der Waals surface area contributed by atoms with Crippen LogP contribution in [0.25, 0.3) is 23.1 Å². The van der Waals surface area contributed by atoms with Crippen molar-refractivity contribution in [2.75, 3.05) is 19.8 Å². The average Bonchev–Trinajstić information content (AvgIpc) is 2.75. The molecule has 0 spiro atoms. The molecule has 1 heterocycles. The molecule has 156 valence electrons. The Balaban J connectivity index is 1.96. The zero-order chi connectivity index (χ0) is 21.5. The van der Waals surface area contributed by atoms with E-state index >= 15 is 0 Å². The Bertz CT molecular complexity index is 1130. The molecule has 0 aliphatic rings. The van der Waals surface area contributed by atoms with E-state index in [1.165, 1.54) is 18.2 Å². The first-order valence-electron chi connectivity index (χ1n) is 9.85. The SMILES string of the molecule is CCOCCOc1ccccc1/C=C/c1oc2ccc(C(=O)O)cc2c(=O)c1CC. The van der Waals surface area contributed by atoms with Crippen LogP contribution in [0, 0.1) is 0 Å². The molecule has 3 aromatic rings. The maximum atomic E-state index is 12.9. The average molecular weight is 408 g/mol. The van der Waals surface area contributed by atoms with Crippen LogP contribution in [0.4, 0.5) is 0 Å². The molecule has 0 radical (unpaired) electrons. The number of aromatic carboxylic acids is 1. The van der Waals surface area contributed by atoms with Crippen LogP contribution in [0.15, 0.2) is 51.7 Å². The van der Waals surface area contributed by atoms with Crippen molar-refractivity contribution in [2.45, 2.75) is 20.3 Å². The first-order chi connectivity index (χ1) is 14.5. The van der Waals surface area contributed by atoms with E-state index in [4.69, 9.17) is 13.9 Å². The van der Waals surface area contributed by atoms with Crippen LogP contribution in [0.1, 0.15) is 41.1 Å². The van der Waals surface area contributed by atoms with Gasteiger partial charge in [-0.05, 0) is 49.8 Å². The molecule has 0 unspecified atom stereocenters. The lowest BCUT2D eigenvalue weighted by Crippen LogP contribution is -2.11. The van der Waals surface area contributed by atoms with E-state index in [0.717, 1.165) is 5.56 Å². The summed E-state index contributed by atoms with van der Waals surface area (Å²) >= 11 is 0. The van der Waals surface area contributed by atoms with E-state index in [2.05, 4.69) is 0 Å². The number of carboxylic acid groups (broad SMARTS) is 1. The van der Waals surface area contributed by atoms with Gasteiger partial charge in [-0.15, -0.1) is 0 Å². The van der Waals surface area contributed by atoms with Crippen LogP contribution in [0.2, 0.25) is 0 Å². The molecule has 0 saturated heterocycles. The Kier molecular flexibility index (Phi) is 7.03. The van der Waals surface area contributed by atoms with Crippen molar-refractivity contribution >= 4 is 29.1 Å². The number of ether oxygens (including phenoxy) is 2. The summed E-state index contributed by atoms with van der Waals surface area (Å²) in [5, 5.41) is 9.45. The normalized spacial score (nSPS) is 11.3. The van der Waals surface area contributed by atoms with Gasteiger partial charge in [0.05, 0.1) is 17.6 Å². The number of hydrogen-bond acceptors (Lipinski definition) is 5. The lowest BCUT2D eigenvalue weighted by Gasteiger charge is -2.09. The second-order valence-corrected chi connectivity index (χ2v) is 6.56. The Morgan fingerprint density at radius 3 is 2.63 bits per heavy atom. The lowest BCUT2D eigenvalue weighted by atomic mass is 10.0. The van der Waals surface area contributed by atoms with Crippen LogP contribution < -0.4 is 10.2 Å². The number of hydrogen-bond donors (Lipinski definition) is 1. The highest BCUT2D eigenvalue weighted by atomic mass is 16.5. The van der Waals surface area contributed by atoms with Gasteiger partial charge < -0.3 is 19.0 Å². The van der Waals surface area contributed by atoms with Crippen LogP contribution in [0.3, 0.4) is 0 Å². The largest absolute Gasteiger partial charge is 0.491 e. The monoisotopic (exact) mass is 408 g/mol. The Morgan fingerprint density at radius 2 is 1.90 bits per heavy atom. The molecule has 3 rings (SSSR count). The molecule has 0 atom stereocenters. The van der Waals surface area contributed by atoms with Crippen molar-refractivity contribution < 1.29 is 23.8 Å². The van der Waals surface area contributed by atoms with Gasteiger partial charge in [0.15, 0.2) is 5.43 Å². The molecule has 0 fully saturated rings. The van der Waals surface area contributed by atoms with Crippen molar-refractivity contribution in [3.63, 3.8) is 0 Å². The molecule has 0 aliphatic heterocycles. The quantitative estimate of drug-likeness (QED) is 0.519. The van der Waals surface area contributed by atoms with Crippen molar-refractivity contribution in [2.24, 2.45) is 0 Å². The third-order valence-corrected chi connectivity index (χ3v) is 4.64. The summed E-state index contributed by atoms with van der Waals surface area (Å²) in [5.74, 6) is 0.0715. The smallest absolute Gasteiger partial charge is 0.335 e. The molecule has 30 heavy (non-hydrogen) atoms. The molecule has 1 aromatic heterocycles. The second kappa shape index (κ2) is 9.89. The molecule has 0 amide bonds. The van der Waals surface area contributed by atoms with Crippen LogP contribution in [-0.4, -0.2) is 30.9 Å². The van der Waals surface area contributed by atoms with Gasteiger partial charge in [-0.1, -0.05) is 25.1 Å². The summed E-state index contributed by atoms with van der Waals surface area (Å²) in [6.07, 6.45) is 4.04. The highest BCUT2D eigenvalue weighted by Gasteiger charge is 2.14. The van der Waals surface area contributed by atoms with Gasteiger partial charge in [0.2, 0.25) is 0 Å². The van der Waals surface area contributed by atoms with Crippen LogP contribution in [-0.2, 0) is 11.2 Å². The van der Waals surface area contributed by atoms with E-state index in [-0.39, 0.29) is 16.4 Å². The third kappa shape index (κ3) is 4.78. The Morgan fingerprint density at radius 1 is 1.10 bits per heavy atom. The summed E-state index contributed by atoms with van der Waals surface area (Å²) in [6.45, 7) is 5.38. The van der Waals surface area contributed by atoms with Gasteiger partial charge in [0.1, 0.15) is 23.7 Å². The Hall–Kier alpha value is -3.38. The van der Waals surface area contributed by atoms with E-state index < -0.39 is 5.97 Å². The van der Waals surface area contributed by atoms with Gasteiger partial charge in [-0.3, -0.25) is 4.79 Å². The molecule has 0 bridgehead atoms. The summed E-state index contributed by atoms with van der Waals surface area (Å²) in [4.78, 5) is 24.1. The minimum absolute atomic E-state index is 0.0540.